The van der Waals surface area contributed by atoms with Crippen molar-refractivity contribution in [1.82, 2.24) is 14.8 Å². The lowest BCUT2D eigenvalue weighted by molar-refractivity contribution is 0.503. The van der Waals surface area contributed by atoms with Crippen molar-refractivity contribution >= 4 is 11.1 Å². The molecule has 1 aromatic carbocycles. The zero-order chi connectivity index (χ0) is 12.7. The van der Waals surface area contributed by atoms with Gasteiger partial charge in [-0.05, 0) is 12.1 Å². The predicted octanol–water partition coefficient (Wildman–Crippen LogP) is 1.75. The number of nitrogens with two attached hydrogens (primary N) is 1. The van der Waals surface area contributed by atoms with Gasteiger partial charge in [-0.2, -0.15) is 5.10 Å². The van der Waals surface area contributed by atoms with Crippen LogP contribution < -0.4 is 5.73 Å². The molecule has 5 nitrogen and oxygen atoms in total. The van der Waals surface area contributed by atoms with E-state index >= 15 is 0 Å². The average Bonchev–Trinajstić information content (AvgIpc) is 2.93. The van der Waals surface area contributed by atoms with E-state index in [9.17, 15) is 4.39 Å². The monoisotopic (exact) mass is 246 g/mol. The maximum Gasteiger partial charge on any atom is 0.217 e. The third-order valence-electron chi connectivity index (χ3n) is 2.72. The van der Waals surface area contributed by atoms with E-state index in [0.29, 0.717) is 17.0 Å². The lowest BCUT2D eigenvalue weighted by atomic mass is 10.2. The first-order valence-electron chi connectivity index (χ1n) is 5.43. The van der Waals surface area contributed by atoms with Crippen LogP contribution in [-0.2, 0) is 7.05 Å². The quantitative estimate of drug-likeness (QED) is 0.747. The highest BCUT2D eigenvalue weighted by Gasteiger charge is 2.17. The number of halogens is 1. The van der Waals surface area contributed by atoms with Gasteiger partial charge in [0.2, 0.25) is 5.89 Å². The fourth-order valence-corrected chi connectivity index (χ4v) is 1.79. The highest BCUT2D eigenvalue weighted by atomic mass is 19.1. The number of hydrogen-bond donors (Lipinski definition) is 1. The second-order valence-electron chi connectivity index (χ2n) is 4.09. The molecule has 1 unspecified atom stereocenters. The van der Waals surface area contributed by atoms with Gasteiger partial charge in [-0.15, -0.1) is 0 Å². The molecule has 1 atom stereocenters. The lowest BCUT2D eigenvalue weighted by Crippen LogP contribution is -2.11. The molecule has 92 valence electrons. The van der Waals surface area contributed by atoms with Crippen LogP contribution in [0.5, 0.6) is 0 Å². The fraction of sp³-hybridized carbons (Fsp3) is 0.167. The minimum absolute atomic E-state index is 0.351. The van der Waals surface area contributed by atoms with Crippen molar-refractivity contribution in [2.24, 2.45) is 12.8 Å². The van der Waals surface area contributed by atoms with Crippen molar-refractivity contribution < 1.29 is 8.81 Å². The van der Waals surface area contributed by atoms with Gasteiger partial charge in [0.25, 0.3) is 0 Å². The predicted molar refractivity (Wildman–Crippen MR) is 63.2 cm³/mol. The molecule has 6 heteroatoms. The molecule has 0 radical (unpaired) electrons. The third-order valence-corrected chi connectivity index (χ3v) is 2.72. The van der Waals surface area contributed by atoms with Crippen LogP contribution in [-0.4, -0.2) is 14.8 Å². The minimum atomic E-state index is -0.505. The molecule has 0 saturated carbocycles. The number of fused-ring (bicyclic) bond motifs is 1. The molecule has 3 aromatic rings. The van der Waals surface area contributed by atoms with Gasteiger partial charge < -0.3 is 10.2 Å². The maximum atomic E-state index is 13.0. The largest absolute Gasteiger partial charge is 0.438 e. The minimum Gasteiger partial charge on any atom is -0.438 e. The summed E-state index contributed by atoms with van der Waals surface area (Å²) < 4.78 is 20.2. The topological polar surface area (TPSA) is 69.9 Å². The molecule has 0 bridgehead atoms. The second kappa shape index (κ2) is 3.92. The summed E-state index contributed by atoms with van der Waals surface area (Å²) in [5.41, 5.74) is 7.81. The van der Waals surface area contributed by atoms with E-state index in [1.165, 1.54) is 12.1 Å². The number of nitrogens with zero attached hydrogens (tertiary/aromatic N) is 3. The summed E-state index contributed by atoms with van der Waals surface area (Å²) >= 11 is 0. The SMILES string of the molecule is Cn1cc(C(N)c2nc3ccc(F)cc3o2)cn1. The van der Waals surface area contributed by atoms with Crippen LogP contribution in [0.25, 0.3) is 11.1 Å². The Balaban J connectivity index is 2.03. The normalized spacial score (nSPS) is 13.1. The van der Waals surface area contributed by atoms with Gasteiger partial charge in [0.15, 0.2) is 5.58 Å². The first kappa shape index (κ1) is 10.9. The van der Waals surface area contributed by atoms with Crippen LogP contribution in [0.3, 0.4) is 0 Å². The van der Waals surface area contributed by atoms with Crippen LogP contribution in [0, 0.1) is 5.82 Å². The first-order valence-corrected chi connectivity index (χ1v) is 5.43. The van der Waals surface area contributed by atoms with Crippen LogP contribution in [0.4, 0.5) is 4.39 Å². The molecule has 0 aliphatic carbocycles. The van der Waals surface area contributed by atoms with Crippen molar-refractivity contribution in [1.29, 1.82) is 0 Å². The Hall–Kier alpha value is -2.21. The van der Waals surface area contributed by atoms with Gasteiger partial charge in [-0.1, -0.05) is 0 Å². The summed E-state index contributed by atoms with van der Waals surface area (Å²) in [5, 5.41) is 4.04. The van der Waals surface area contributed by atoms with Crippen molar-refractivity contribution in [3.05, 3.63) is 47.9 Å². The van der Waals surface area contributed by atoms with E-state index in [1.54, 1.807) is 30.2 Å². The fourth-order valence-electron chi connectivity index (χ4n) is 1.79. The van der Waals surface area contributed by atoms with E-state index in [0.717, 1.165) is 5.56 Å². The summed E-state index contributed by atoms with van der Waals surface area (Å²) in [7, 11) is 1.80. The Kier molecular flexibility index (Phi) is 2.38. The Labute approximate surface area is 102 Å². The molecular formula is C12H11FN4O. The van der Waals surface area contributed by atoms with Gasteiger partial charge in [-0.3, -0.25) is 4.68 Å². The number of aryl methyl sites for hydroxylation is 1. The zero-order valence-corrected chi connectivity index (χ0v) is 9.67. The summed E-state index contributed by atoms with van der Waals surface area (Å²) in [6.07, 6.45) is 3.44. The maximum absolute atomic E-state index is 13.0. The Morgan fingerprint density at radius 2 is 2.28 bits per heavy atom. The number of aromatic nitrogens is 3. The van der Waals surface area contributed by atoms with Gasteiger partial charge in [0.05, 0.1) is 6.20 Å². The lowest BCUT2D eigenvalue weighted by Gasteiger charge is -2.02. The van der Waals surface area contributed by atoms with Crippen molar-refractivity contribution in [2.75, 3.05) is 0 Å². The molecule has 0 saturated heterocycles. The van der Waals surface area contributed by atoms with Crippen molar-refractivity contribution in [2.45, 2.75) is 6.04 Å². The van der Waals surface area contributed by atoms with Crippen molar-refractivity contribution in [3.8, 4) is 0 Å². The van der Waals surface area contributed by atoms with E-state index in [2.05, 4.69) is 10.1 Å². The van der Waals surface area contributed by atoms with E-state index in [-0.39, 0.29) is 5.82 Å². The average molecular weight is 246 g/mol. The number of rotatable bonds is 2. The molecule has 3 rings (SSSR count). The molecule has 2 N–H and O–H groups in total. The molecule has 0 amide bonds. The molecule has 0 spiro atoms. The smallest absolute Gasteiger partial charge is 0.217 e. The Bertz CT molecular complexity index is 703. The highest BCUT2D eigenvalue weighted by Crippen LogP contribution is 2.23. The van der Waals surface area contributed by atoms with Crippen LogP contribution in [0.15, 0.2) is 35.0 Å². The summed E-state index contributed by atoms with van der Waals surface area (Å²) in [5.74, 6) is -0.0104. The van der Waals surface area contributed by atoms with E-state index in [1.807, 2.05) is 0 Å². The molecule has 2 aromatic heterocycles. The molecular weight excluding hydrogens is 235 g/mol. The number of oxazole rings is 1. The molecule has 0 aliphatic heterocycles. The first-order chi connectivity index (χ1) is 8.63. The van der Waals surface area contributed by atoms with Gasteiger partial charge in [0.1, 0.15) is 17.4 Å². The zero-order valence-electron chi connectivity index (χ0n) is 9.67. The molecule has 18 heavy (non-hydrogen) atoms. The molecule has 2 heterocycles. The Morgan fingerprint density at radius 1 is 1.44 bits per heavy atom. The Morgan fingerprint density at radius 3 is 3.00 bits per heavy atom. The summed E-state index contributed by atoms with van der Waals surface area (Å²) in [6, 6.07) is 3.69. The standard InChI is InChI=1S/C12H11FN4O/c1-17-6-7(5-15-17)11(14)12-16-9-3-2-8(13)4-10(9)18-12/h2-6,11H,14H2,1H3. The molecule has 0 fully saturated rings. The van der Waals surface area contributed by atoms with Crippen LogP contribution in [0.1, 0.15) is 17.5 Å². The third kappa shape index (κ3) is 1.76. The summed E-state index contributed by atoms with van der Waals surface area (Å²) in [6.45, 7) is 0. The van der Waals surface area contributed by atoms with Gasteiger partial charge in [-0.25, -0.2) is 9.37 Å². The van der Waals surface area contributed by atoms with Crippen molar-refractivity contribution in [3.63, 3.8) is 0 Å². The van der Waals surface area contributed by atoms with Crippen LogP contribution >= 0.6 is 0 Å². The number of benzene rings is 1. The van der Waals surface area contributed by atoms with Crippen LogP contribution in [0.2, 0.25) is 0 Å². The number of hydrogen-bond acceptors (Lipinski definition) is 4. The van der Waals surface area contributed by atoms with Gasteiger partial charge >= 0.3 is 0 Å². The summed E-state index contributed by atoms with van der Waals surface area (Å²) in [4.78, 5) is 4.24. The second-order valence-corrected chi connectivity index (χ2v) is 4.09. The van der Waals surface area contributed by atoms with E-state index < -0.39 is 6.04 Å². The van der Waals surface area contributed by atoms with Gasteiger partial charge in [0, 0.05) is 24.9 Å². The highest BCUT2D eigenvalue weighted by molar-refractivity contribution is 5.72. The van der Waals surface area contributed by atoms with E-state index in [4.69, 9.17) is 10.2 Å². The molecule has 0 aliphatic rings.